The van der Waals surface area contributed by atoms with E-state index in [-0.39, 0.29) is 30.0 Å². The molecule has 1 saturated heterocycles. The average molecular weight is 358 g/mol. The summed E-state index contributed by atoms with van der Waals surface area (Å²) in [6, 6.07) is 5.19. The topological polar surface area (TPSA) is 103 Å². The number of carbonyl (C=O) groups excluding carboxylic acids is 2. The summed E-state index contributed by atoms with van der Waals surface area (Å²) in [5.74, 6) is -0.148. The van der Waals surface area contributed by atoms with Gasteiger partial charge in [0.1, 0.15) is 11.3 Å². The number of ether oxygens (including phenoxy) is 1. The maximum absolute atomic E-state index is 12.3. The van der Waals surface area contributed by atoms with Gasteiger partial charge in [-0.15, -0.1) is 0 Å². The third kappa shape index (κ3) is 3.56. The maximum Gasteiger partial charge on any atom is 0.339 e. The van der Waals surface area contributed by atoms with Gasteiger partial charge in [0.05, 0.1) is 0 Å². The van der Waals surface area contributed by atoms with Crippen LogP contribution >= 0.6 is 0 Å². The smallest absolute Gasteiger partial charge is 0.339 e. The van der Waals surface area contributed by atoms with Crippen molar-refractivity contribution >= 4 is 22.8 Å². The van der Waals surface area contributed by atoms with Gasteiger partial charge in [0.25, 0.3) is 5.91 Å². The van der Waals surface area contributed by atoms with Gasteiger partial charge in [0.2, 0.25) is 5.91 Å². The lowest BCUT2D eigenvalue weighted by atomic mass is 9.96. The third-order valence-corrected chi connectivity index (χ3v) is 5.04. The number of benzene rings is 1. The van der Waals surface area contributed by atoms with Gasteiger partial charge in [0, 0.05) is 36.0 Å². The Morgan fingerprint density at radius 3 is 2.58 bits per heavy atom. The Balaban J connectivity index is 1.65. The van der Waals surface area contributed by atoms with E-state index in [4.69, 9.17) is 14.9 Å². The number of primary amides is 1. The standard InChI is InChI=1S/C19H22N2O5/c1-11-12(2)19(24)26-16-9-14(3-4-15(11)16)25-10-17(22)21-7-5-13(6-8-21)18(20)23/h3-4,9,13H,5-8,10H2,1-2H3,(H2,20,23). The van der Waals surface area contributed by atoms with E-state index < -0.39 is 0 Å². The number of hydrogen-bond donors (Lipinski definition) is 1. The van der Waals surface area contributed by atoms with Gasteiger partial charge >= 0.3 is 5.63 Å². The van der Waals surface area contributed by atoms with Gasteiger partial charge in [-0.25, -0.2) is 4.79 Å². The van der Waals surface area contributed by atoms with Crippen molar-refractivity contribution in [3.8, 4) is 5.75 Å². The van der Waals surface area contributed by atoms with Crippen LogP contribution in [0.15, 0.2) is 27.4 Å². The maximum atomic E-state index is 12.3. The minimum atomic E-state index is -0.374. The molecule has 7 heteroatoms. The normalized spacial score (nSPS) is 15.2. The first-order valence-electron chi connectivity index (χ1n) is 8.60. The Hall–Kier alpha value is -2.83. The predicted octanol–water partition coefficient (Wildman–Crippen LogP) is 1.51. The first-order chi connectivity index (χ1) is 12.4. The van der Waals surface area contributed by atoms with Crippen LogP contribution in [0.1, 0.15) is 24.0 Å². The molecule has 1 aliphatic rings. The summed E-state index contributed by atoms with van der Waals surface area (Å²) in [4.78, 5) is 36.9. The van der Waals surface area contributed by atoms with Crippen LogP contribution in [-0.4, -0.2) is 36.4 Å². The Morgan fingerprint density at radius 2 is 1.92 bits per heavy atom. The number of nitrogens with zero attached hydrogens (tertiary/aromatic N) is 1. The summed E-state index contributed by atoms with van der Waals surface area (Å²) in [6.07, 6.45) is 1.17. The van der Waals surface area contributed by atoms with Crippen LogP contribution in [0.3, 0.4) is 0 Å². The number of amides is 2. The highest BCUT2D eigenvalue weighted by atomic mass is 16.5. The van der Waals surface area contributed by atoms with Crippen LogP contribution in [0, 0.1) is 19.8 Å². The van der Waals surface area contributed by atoms with E-state index in [0.717, 1.165) is 10.9 Å². The Kier molecular flexibility index (Phi) is 4.97. The van der Waals surface area contributed by atoms with Gasteiger partial charge < -0.3 is 19.8 Å². The van der Waals surface area contributed by atoms with E-state index >= 15 is 0 Å². The Labute approximate surface area is 150 Å². The molecule has 7 nitrogen and oxygen atoms in total. The molecule has 1 aromatic carbocycles. The van der Waals surface area contributed by atoms with Crippen molar-refractivity contribution in [2.24, 2.45) is 11.7 Å². The zero-order valence-electron chi connectivity index (χ0n) is 14.9. The molecule has 2 amide bonds. The fraction of sp³-hybridized carbons (Fsp3) is 0.421. The summed E-state index contributed by atoms with van der Waals surface area (Å²) in [5.41, 5.74) is 6.82. The van der Waals surface area contributed by atoms with E-state index in [1.54, 1.807) is 24.0 Å². The molecule has 0 bridgehead atoms. The fourth-order valence-corrected chi connectivity index (χ4v) is 3.17. The molecule has 138 valence electrons. The summed E-state index contributed by atoms with van der Waals surface area (Å²) < 4.78 is 10.9. The second-order valence-electron chi connectivity index (χ2n) is 6.64. The monoisotopic (exact) mass is 358 g/mol. The minimum Gasteiger partial charge on any atom is -0.484 e. The first kappa shape index (κ1) is 18.0. The number of likely N-dealkylation sites (tertiary alicyclic amines) is 1. The van der Waals surface area contributed by atoms with Crippen molar-refractivity contribution < 1.29 is 18.7 Å². The number of carbonyl (C=O) groups is 2. The first-order valence-corrected chi connectivity index (χ1v) is 8.60. The summed E-state index contributed by atoms with van der Waals surface area (Å²) in [5, 5.41) is 0.842. The van der Waals surface area contributed by atoms with Crippen molar-refractivity contribution in [3.05, 3.63) is 39.7 Å². The van der Waals surface area contributed by atoms with Crippen LogP contribution in [0.25, 0.3) is 11.0 Å². The molecule has 3 rings (SSSR count). The van der Waals surface area contributed by atoms with Gasteiger partial charge in [-0.2, -0.15) is 0 Å². The van der Waals surface area contributed by atoms with Gasteiger partial charge in [-0.1, -0.05) is 0 Å². The fourth-order valence-electron chi connectivity index (χ4n) is 3.17. The number of nitrogens with two attached hydrogens (primary N) is 1. The van der Waals surface area contributed by atoms with E-state index in [2.05, 4.69) is 0 Å². The summed E-state index contributed by atoms with van der Waals surface area (Å²) >= 11 is 0. The zero-order valence-corrected chi connectivity index (χ0v) is 14.9. The third-order valence-electron chi connectivity index (χ3n) is 5.04. The molecule has 0 spiro atoms. The van der Waals surface area contributed by atoms with Crippen LogP contribution in [0.4, 0.5) is 0 Å². The van der Waals surface area contributed by atoms with Gasteiger partial charge in [-0.05, 0) is 44.4 Å². The number of piperidine rings is 1. The van der Waals surface area contributed by atoms with Crippen molar-refractivity contribution in [1.82, 2.24) is 4.90 Å². The molecule has 1 fully saturated rings. The molecular weight excluding hydrogens is 336 g/mol. The predicted molar refractivity (Wildman–Crippen MR) is 96.0 cm³/mol. The molecule has 0 radical (unpaired) electrons. The number of rotatable bonds is 4. The quantitative estimate of drug-likeness (QED) is 0.835. The zero-order chi connectivity index (χ0) is 18.8. The van der Waals surface area contributed by atoms with E-state index in [1.165, 1.54) is 0 Å². The van der Waals surface area contributed by atoms with E-state index in [1.807, 2.05) is 13.0 Å². The summed E-state index contributed by atoms with van der Waals surface area (Å²) in [7, 11) is 0. The van der Waals surface area contributed by atoms with Crippen LogP contribution in [-0.2, 0) is 9.59 Å². The van der Waals surface area contributed by atoms with Crippen LogP contribution < -0.4 is 16.1 Å². The molecule has 2 aromatic rings. The van der Waals surface area contributed by atoms with Gasteiger partial charge in [0.15, 0.2) is 6.61 Å². The van der Waals surface area contributed by atoms with Crippen molar-refractivity contribution in [2.45, 2.75) is 26.7 Å². The summed E-state index contributed by atoms with van der Waals surface area (Å²) in [6.45, 7) is 4.49. The minimum absolute atomic E-state index is 0.109. The Morgan fingerprint density at radius 1 is 1.23 bits per heavy atom. The number of hydrogen-bond acceptors (Lipinski definition) is 5. The Bertz CT molecular complexity index is 910. The van der Waals surface area contributed by atoms with Crippen molar-refractivity contribution in [2.75, 3.05) is 19.7 Å². The largest absolute Gasteiger partial charge is 0.484 e. The molecule has 0 unspecified atom stereocenters. The molecule has 0 atom stereocenters. The van der Waals surface area contributed by atoms with Gasteiger partial charge in [-0.3, -0.25) is 9.59 Å². The molecular formula is C19H22N2O5. The van der Waals surface area contributed by atoms with Crippen molar-refractivity contribution in [1.29, 1.82) is 0 Å². The van der Waals surface area contributed by atoms with Crippen molar-refractivity contribution in [3.63, 3.8) is 0 Å². The van der Waals surface area contributed by atoms with Crippen LogP contribution in [0.5, 0.6) is 5.75 Å². The van der Waals surface area contributed by atoms with E-state index in [0.29, 0.717) is 42.8 Å². The lowest BCUT2D eigenvalue weighted by Crippen LogP contribution is -2.43. The highest BCUT2D eigenvalue weighted by molar-refractivity contribution is 5.83. The molecule has 26 heavy (non-hydrogen) atoms. The average Bonchev–Trinajstić information content (AvgIpc) is 2.64. The molecule has 1 aliphatic heterocycles. The molecule has 1 aromatic heterocycles. The second kappa shape index (κ2) is 7.19. The SMILES string of the molecule is Cc1c(C)c2ccc(OCC(=O)N3CCC(C(N)=O)CC3)cc2oc1=O. The molecule has 0 aliphatic carbocycles. The molecule has 2 N–H and O–H groups in total. The number of aryl methyl sites for hydroxylation is 1. The lowest BCUT2D eigenvalue weighted by molar-refractivity contribution is -0.136. The second-order valence-corrected chi connectivity index (χ2v) is 6.64. The highest BCUT2D eigenvalue weighted by Gasteiger charge is 2.26. The molecule has 2 heterocycles. The van der Waals surface area contributed by atoms with Crippen LogP contribution in [0.2, 0.25) is 0 Å². The number of fused-ring (bicyclic) bond motifs is 1. The van der Waals surface area contributed by atoms with E-state index in [9.17, 15) is 14.4 Å². The lowest BCUT2D eigenvalue weighted by Gasteiger charge is -2.30. The molecule has 0 saturated carbocycles. The highest BCUT2D eigenvalue weighted by Crippen LogP contribution is 2.24.